The van der Waals surface area contributed by atoms with Crippen LogP contribution in [0.15, 0.2) is 54.9 Å². The number of anilines is 1. The molecule has 43 heavy (non-hydrogen) atoms. The van der Waals surface area contributed by atoms with Gasteiger partial charge in [0.1, 0.15) is 5.75 Å². The van der Waals surface area contributed by atoms with Crippen LogP contribution in [0.25, 0.3) is 20.8 Å². The molecular formula is C31H33FN6O4S. The van der Waals surface area contributed by atoms with Crippen molar-refractivity contribution in [3.8, 4) is 22.1 Å². The first-order valence-electron chi connectivity index (χ1n) is 14.4. The van der Waals surface area contributed by atoms with Crippen molar-refractivity contribution in [3.05, 3.63) is 66.2 Å². The zero-order valence-corrected chi connectivity index (χ0v) is 24.4. The lowest BCUT2D eigenvalue weighted by atomic mass is 10.2. The largest absolute Gasteiger partial charge is 0.481 e. The first-order valence-corrected chi connectivity index (χ1v) is 15.3. The van der Waals surface area contributed by atoms with Crippen LogP contribution in [0.1, 0.15) is 31.2 Å². The van der Waals surface area contributed by atoms with Crippen molar-refractivity contribution >= 4 is 39.2 Å². The zero-order chi connectivity index (χ0) is 29.8. The van der Waals surface area contributed by atoms with Gasteiger partial charge in [-0.15, -0.1) is 11.3 Å². The molecule has 4 heterocycles. The predicted octanol–water partition coefficient (Wildman–Crippen LogP) is 5.56. The van der Waals surface area contributed by atoms with E-state index in [2.05, 4.69) is 31.5 Å². The molecule has 0 bridgehead atoms. The number of nitrogens with zero attached hydrogens (tertiary/aromatic N) is 4. The Morgan fingerprint density at radius 3 is 2.56 bits per heavy atom. The molecular weight excluding hydrogens is 571 g/mol. The highest BCUT2D eigenvalue weighted by Crippen LogP contribution is 2.39. The summed E-state index contributed by atoms with van der Waals surface area (Å²) in [6.07, 6.45) is 6.38. The average molecular weight is 605 g/mol. The van der Waals surface area contributed by atoms with Gasteiger partial charge in [-0.05, 0) is 55.6 Å². The van der Waals surface area contributed by atoms with E-state index in [0.29, 0.717) is 17.9 Å². The topological polar surface area (TPSA) is 120 Å². The number of hydrogen-bond acceptors (Lipinski definition) is 8. The summed E-state index contributed by atoms with van der Waals surface area (Å²) in [6.45, 7) is 5.39. The van der Waals surface area contributed by atoms with Crippen molar-refractivity contribution in [2.24, 2.45) is 0 Å². The Bertz CT molecular complexity index is 1600. The number of aromatic nitrogens is 2. The maximum absolute atomic E-state index is 14.9. The highest BCUT2D eigenvalue weighted by molar-refractivity contribution is 7.22. The number of hydrogen-bond donors (Lipinski definition) is 3. The van der Waals surface area contributed by atoms with E-state index in [0.717, 1.165) is 78.5 Å². The summed E-state index contributed by atoms with van der Waals surface area (Å²) in [5.41, 5.74) is 3.04. The highest BCUT2D eigenvalue weighted by atomic mass is 32.1. The summed E-state index contributed by atoms with van der Waals surface area (Å²) in [4.78, 5) is 37.6. The number of urea groups is 1. The lowest BCUT2D eigenvalue weighted by Gasteiger charge is -2.34. The summed E-state index contributed by atoms with van der Waals surface area (Å²) in [5.74, 6) is -0.773. The first-order chi connectivity index (χ1) is 20.9. The number of halogens is 1. The Morgan fingerprint density at radius 1 is 1.02 bits per heavy atom. The Hall–Kier alpha value is -4.13. The lowest BCUT2D eigenvalue weighted by molar-refractivity contribution is -0.137. The van der Waals surface area contributed by atoms with Gasteiger partial charge in [0.15, 0.2) is 11.6 Å². The van der Waals surface area contributed by atoms with Gasteiger partial charge in [-0.25, -0.2) is 9.18 Å². The van der Waals surface area contributed by atoms with Gasteiger partial charge in [0.25, 0.3) is 0 Å². The molecule has 2 fully saturated rings. The molecule has 2 aliphatic rings. The van der Waals surface area contributed by atoms with Gasteiger partial charge in [-0.3, -0.25) is 19.7 Å². The standard InChI is InChI=1S/C31H33FN6O4S/c32-23-16-22(36-31(41)35-21-4-5-21)6-8-26(23)42-27-9-10-33-25-17-28(43-30(25)27)24-7-3-20(18-34-24)19-38-14-12-37(13-15-38)11-1-2-29(39)40/h3,6-10,16-18,21H,1-2,4-5,11-15,19H2,(H,39,40)(H2,35,36,41). The van der Waals surface area contributed by atoms with Gasteiger partial charge in [0.2, 0.25) is 0 Å². The van der Waals surface area contributed by atoms with E-state index in [9.17, 15) is 14.0 Å². The van der Waals surface area contributed by atoms with Crippen molar-refractivity contribution in [2.45, 2.75) is 38.3 Å². The number of aliphatic carboxylic acids is 1. The smallest absolute Gasteiger partial charge is 0.319 e. The number of thiophene rings is 1. The number of carboxylic acid groups (broad SMARTS) is 1. The van der Waals surface area contributed by atoms with E-state index in [1.807, 2.05) is 18.3 Å². The molecule has 0 spiro atoms. The second-order valence-electron chi connectivity index (χ2n) is 10.9. The Kier molecular flexibility index (Phi) is 8.77. The van der Waals surface area contributed by atoms with Crippen LogP contribution in [-0.2, 0) is 11.3 Å². The molecule has 1 aromatic carbocycles. The van der Waals surface area contributed by atoms with Crippen LogP contribution in [0.3, 0.4) is 0 Å². The minimum Gasteiger partial charge on any atom is -0.481 e. The van der Waals surface area contributed by atoms with E-state index in [1.165, 1.54) is 23.5 Å². The molecule has 12 heteroatoms. The average Bonchev–Trinajstić information content (AvgIpc) is 3.69. The summed E-state index contributed by atoms with van der Waals surface area (Å²) < 4.78 is 21.6. The Morgan fingerprint density at radius 2 is 1.84 bits per heavy atom. The van der Waals surface area contributed by atoms with Crippen molar-refractivity contribution in [3.63, 3.8) is 0 Å². The third-order valence-corrected chi connectivity index (χ3v) is 8.67. The molecule has 1 saturated heterocycles. The van der Waals surface area contributed by atoms with Gasteiger partial charge >= 0.3 is 12.0 Å². The number of fused-ring (bicyclic) bond motifs is 1. The second-order valence-corrected chi connectivity index (χ2v) is 12.0. The molecule has 224 valence electrons. The van der Waals surface area contributed by atoms with Crippen molar-refractivity contribution in [1.29, 1.82) is 0 Å². The fraction of sp³-hybridized carbons (Fsp3) is 0.355. The molecule has 0 radical (unpaired) electrons. The Labute approximate surface area is 252 Å². The van der Waals surface area contributed by atoms with Gasteiger partial charge < -0.3 is 25.4 Å². The zero-order valence-electron chi connectivity index (χ0n) is 23.6. The van der Waals surface area contributed by atoms with Crippen molar-refractivity contribution in [1.82, 2.24) is 25.1 Å². The van der Waals surface area contributed by atoms with Crippen LogP contribution in [0, 0.1) is 5.82 Å². The molecule has 1 aliphatic carbocycles. The molecule has 3 aromatic heterocycles. The molecule has 0 unspecified atom stereocenters. The fourth-order valence-electron chi connectivity index (χ4n) is 5.03. The first kappa shape index (κ1) is 29.0. The van der Waals surface area contributed by atoms with Gasteiger partial charge in [-0.2, -0.15) is 0 Å². The lowest BCUT2D eigenvalue weighted by Crippen LogP contribution is -2.46. The van der Waals surface area contributed by atoms with Crippen LogP contribution in [0.2, 0.25) is 0 Å². The minimum atomic E-state index is -0.739. The molecule has 6 rings (SSSR count). The minimum absolute atomic E-state index is 0.0548. The predicted molar refractivity (Wildman–Crippen MR) is 163 cm³/mol. The van der Waals surface area contributed by atoms with Crippen LogP contribution < -0.4 is 15.4 Å². The fourth-order valence-corrected chi connectivity index (χ4v) is 6.07. The van der Waals surface area contributed by atoms with Crippen LogP contribution in [0.4, 0.5) is 14.9 Å². The molecule has 0 atom stereocenters. The molecule has 2 amide bonds. The monoisotopic (exact) mass is 604 g/mol. The number of carbonyl (C=O) groups excluding carboxylic acids is 1. The van der Waals surface area contributed by atoms with Crippen LogP contribution in [-0.4, -0.2) is 75.6 Å². The summed E-state index contributed by atoms with van der Waals surface area (Å²) in [5, 5.41) is 14.3. The van der Waals surface area contributed by atoms with E-state index in [4.69, 9.17) is 14.8 Å². The number of carbonyl (C=O) groups is 2. The number of rotatable bonds is 11. The van der Waals surface area contributed by atoms with E-state index >= 15 is 0 Å². The summed E-state index contributed by atoms with van der Waals surface area (Å²) in [6, 6.07) is 12.0. The number of ether oxygens (including phenoxy) is 1. The summed E-state index contributed by atoms with van der Waals surface area (Å²) in [7, 11) is 0. The van der Waals surface area contributed by atoms with Gasteiger partial charge in [-0.1, -0.05) is 6.07 Å². The number of nitrogens with one attached hydrogen (secondary N) is 2. The van der Waals surface area contributed by atoms with Gasteiger partial charge in [0.05, 0.1) is 20.8 Å². The Balaban J connectivity index is 1.07. The van der Waals surface area contributed by atoms with Crippen LogP contribution in [0.5, 0.6) is 11.5 Å². The quantitative estimate of drug-likeness (QED) is 0.204. The third-order valence-electron chi connectivity index (χ3n) is 7.51. The number of carboxylic acids is 1. The van der Waals surface area contributed by atoms with Crippen molar-refractivity contribution < 1.29 is 23.8 Å². The number of pyridine rings is 2. The third kappa shape index (κ3) is 7.64. The van der Waals surface area contributed by atoms with Crippen LogP contribution >= 0.6 is 11.3 Å². The van der Waals surface area contributed by atoms with E-state index in [-0.39, 0.29) is 24.2 Å². The molecule has 1 saturated carbocycles. The maximum Gasteiger partial charge on any atom is 0.319 e. The molecule has 4 aromatic rings. The number of benzene rings is 1. The molecule has 3 N–H and O–H groups in total. The van der Waals surface area contributed by atoms with E-state index in [1.54, 1.807) is 18.3 Å². The maximum atomic E-state index is 14.9. The number of piperazine rings is 1. The van der Waals surface area contributed by atoms with E-state index < -0.39 is 11.8 Å². The number of amides is 2. The van der Waals surface area contributed by atoms with Crippen molar-refractivity contribution in [2.75, 3.05) is 38.0 Å². The second kappa shape index (κ2) is 13.0. The van der Waals surface area contributed by atoms with Gasteiger partial charge in [0, 0.05) is 75.4 Å². The summed E-state index contributed by atoms with van der Waals surface area (Å²) >= 11 is 1.48. The molecule has 10 nitrogen and oxygen atoms in total. The normalized spacial score (nSPS) is 15.8. The SMILES string of the molecule is O=C(O)CCCN1CCN(Cc2ccc(-c3cc4nccc(Oc5ccc(NC(=O)NC6CC6)cc5F)c4s3)nc2)CC1. The highest BCUT2D eigenvalue weighted by Gasteiger charge is 2.23. The molecule has 1 aliphatic heterocycles.